The Labute approximate surface area is 122 Å². The standard InChI is InChI=1S/C14H16ClN3O2/c1-20-8-7-18-14(12(15)10-17-18)13(19)5-4-11-3-2-6-16-9-11/h2-3,6,9-10H,4-5,7-8H2,1H3. The third-order valence-corrected chi connectivity index (χ3v) is 3.21. The normalized spacial score (nSPS) is 10.7. The first-order valence-corrected chi connectivity index (χ1v) is 6.72. The summed E-state index contributed by atoms with van der Waals surface area (Å²) in [4.78, 5) is 16.3. The van der Waals surface area contributed by atoms with Crippen LogP contribution in [0, 0.1) is 0 Å². The van der Waals surface area contributed by atoms with Gasteiger partial charge in [0.2, 0.25) is 0 Å². The Morgan fingerprint density at radius 2 is 2.30 bits per heavy atom. The van der Waals surface area contributed by atoms with Crippen molar-refractivity contribution in [2.45, 2.75) is 19.4 Å². The molecule has 6 heteroatoms. The maximum absolute atomic E-state index is 12.3. The molecule has 2 heterocycles. The largest absolute Gasteiger partial charge is 0.383 e. The number of carbonyl (C=O) groups is 1. The van der Waals surface area contributed by atoms with Crippen LogP contribution >= 0.6 is 11.6 Å². The number of ether oxygens (including phenoxy) is 1. The summed E-state index contributed by atoms with van der Waals surface area (Å²) < 4.78 is 6.59. The van der Waals surface area contributed by atoms with Crippen molar-refractivity contribution >= 4 is 17.4 Å². The van der Waals surface area contributed by atoms with Crippen molar-refractivity contribution in [3.8, 4) is 0 Å². The zero-order chi connectivity index (χ0) is 14.4. The molecule has 0 aromatic carbocycles. The Balaban J connectivity index is 2.03. The van der Waals surface area contributed by atoms with Crippen LogP contribution in [0.3, 0.4) is 0 Å². The van der Waals surface area contributed by atoms with E-state index in [4.69, 9.17) is 16.3 Å². The van der Waals surface area contributed by atoms with Crippen molar-refractivity contribution in [2.24, 2.45) is 0 Å². The molecule has 106 valence electrons. The fourth-order valence-corrected chi connectivity index (χ4v) is 2.16. The molecule has 2 rings (SSSR count). The molecule has 0 spiro atoms. The van der Waals surface area contributed by atoms with Crippen molar-refractivity contribution in [2.75, 3.05) is 13.7 Å². The Hall–Kier alpha value is -1.72. The van der Waals surface area contributed by atoms with Gasteiger partial charge in [0.25, 0.3) is 0 Å². The highest BCUT2D eigenvalue weighted by atomic mass is 35.5. The molecule has 0 unspecified atom stereocenters. The number of halogens is 1. The number of hydrogen-bond acceptors (Lipinski definition) is 4. The summed E-state index contributed by atoms with van der Waals surface area (Å²) in [7, 11) is 1.61. The van der Waals surface area contributed by atoms with Crippen molar-refractivity contribution in [1.29, 1.82) is 0 Å². The van der Waals surface area contributed by atoms with Crippen molar-refractivity contribution in [3.63, 3.8) is 0 Å². The summed E-state index contributed by atoms with van der Waals surface area (Å²) >= 11 is 6.04. The lowest BCUT2D eigenvalue weighted by molar-refractivity contribution is 0.0969. The highest BCUT2D eigenvalue weighted by Crippen LogP contribution is 2.18. The molecule has 0 bridgehead atoms. The molecule has 2 aromatic heterocycles. The number of nitrogens with zero attached hydrogens (tertiary/aromatic N) is 3. The first kappa shape index (κ1) is 14.7. The third kappa shape index (κ3) is 3.65. The van der Waals surface area contributed by atoms with E-state index in [0.29, 0.717) is 36.7 Å². The number of rotatable bonds is 7. The van der Waals surface area contributed by atoms with Crippen LogP contribution in [0.5, 0.6) is 0 Å². The minimum Gasteiger partial charge on any atom is -0.383 e. The molecule has 20 heavy (non-hydrogen) atoms. The molecule has 0 atom stereocenters. The minimum absolute atomic E-state index is 0.0209. The maximum atomic E-state index is 12.3. The molecular weight excluding hydrogens is 278 g/mol. The second-order valence-electron chi connectivity index (χ2n) is 4.34. The maximum Gasteiger partial charge on any atom is 0.182 e. The number of aryl methyl sites for hydroxylation is 1. The Kier molecular flexibility index (Phi) is 5.26. The zero-order valence-corrected chi connectivity index (χ0v) is 12.0. The van der Waals surface area contributed by atoms with Gasteiger partial charge in [0.05, 0.1) is 24.4 Å². The van der Waals surface area contributed by atoms with Gasteiger partial charge in [-0.1, -0.05) is 17.7 Å². The van der Waals surface area contributed by atoms with Gasteiger partial charge in [-0.15, -0.1) is 0 Å². The van der Waals surface area contributed by atoms with E-state index in [1.807, 2.05) is 12.1 Å². The van der Waals surface area contributed by atoms with E-state index in [0.717, 1.165) is 5.56 Å². The van der Waals surface area contributed by atoms with Crippen molar-refractivity contribution < 1.29 is 9.53 Å². The molecule has 5 nitrogen and oxygen atoms in total. The average molecular weight is 294 g/mol. The van der Waals surface area contributed by atoms with Crippen LogP contribution in [0.2, 0.25) is 5.02 Å². The lowest BCUT2D eigenvalue weighted by Gasteiger charge is -2.06. The summed E-state index contributed by atoms with van der Waals surface area (Å²) in [6, 6.07) is 3.81. The van der Waals surface area contributed by atoms with Crippen LogP contribution in [-0.4, -0.2) is 34.3 Å². The summed E-state index contributed by atoms with van der Waals surface area (Å²) in [5, 5.41) is 4.49. The monoisotopic (exact) mass is 293 g/mol. The highest BCUT2D eigenvalue weighted by Gasteiger charge is 2.17. The summed E-state index contributed by atoms with van der Waals surface area (Å²) in [6.07, 6.45) is 5.98. The highest BCUT2D eigenvalue weighted by molar-refractivity contribution is 6.33. The quantitative estimate of drug-likeness (QED) is 0.736. The molecule has 0 N–H and O–H groups in total. The van der Waals surface area contributed by atoms with Gasteiger partial charge in [-0.2, -0.15) is 5.10 Å². The second kappa shape index (κ2) is 7.17. The number of pyridine rings is 1. The van der Waals surface area contributed by atoms with Gasteiger partial charge < -0.3 is 4.74 Å². The summed E-state index contributed by atoms with van der Waals surface area (Å²) in [6.45, 7) is 0.998. The van der Waals surface area contributed by atoms with E-state index < -0.39 is 0 Å². The van der Waals surface area contributed by atoms with E-state index in [2.05, 4.69) is 10.1 Å². The topological polar surface area (TPSA) is 57.0 Å². The fraction of sp³-hybridized carbons (Fsp3) is 0.357. The lowest BCUT2D eigenvalue weighted by Crippen LogP contribution is -2.14. The number of Topliss-reactive ketones (excluding diaryl/α,β-unsaturated/α-hetero) is 1. The smallest absolute Gasteiger partial charge is 0.182 e. The number of ketones is 1. The van der Waals surface area contributed by atoms with Crippen LogP contribution in [0.25, 0.3) is 0 Å². The molecule has 0 aliphatic heterocycles. The SMILES string of the molecule is COCCn1ncc(Cl)c1C(=O)CCc1cccnc1. The minimum atomic E-state index is -0.0209. The van der Waals surface area contributed by atoms with Crippen LogP contribution in [0.1, 0.15) is 22.5 Å². The van der Waals surface area contributed by atoms with Crippen LogP contribution in [0.15, 0.2) is 30.7 Å². The van der Waals surface area contributed by atoms with E-state index in [-0.39, 0.29) is 5.78 Å². The molecule has 0 aliphatic carbocycles. The number of carbonyl (C=O) groups excluding carboxylic acids is 1. The Morgan fingerprint density at radius 3 is 3.00 bits per heavy atom. The third-order valence-electron chi connectivity index (χ3n) is 2.93. The van der Waals surface area contributed by atoms with Gasteiger partial charge in [0, 0.05) is 25.9 Å². The summed E-state index contributed by atoms with van der Waals surface area (Å²) in [5.74, 6) is -0.0209. The Morgan fingerprint density at radius 1 is 1.45 bits per heavy atom. The zero-order valence-electron chi connectivity index (χ0n) is 11.3. The molecule has 0 amide bonds. The van der Waals surface area contributed by atoms with Gasteiger partial charge in [-0.3, -0.25) is 14.5 Å². The average Bonchev–Trinajstić information content (AvgIpc) is 2.84. The summed E-state index contributed by atoms with van der Waals surface area (Å²) in [5.41, 5.74) is 1.48. The van der Waals surface area contributed by atoms with Gasteiger partial charge in [-0.25, -0.2) is 0 Å². The molecular formula is C14H16ClN3O2. The Bertz CT molecular complexity index is 569. The molecule has 0 saturated carbocycles. The first-order valence-electron chi connectivity index (χ1n) is 6.34. The second-order valence-corrected chi connectivity index (χ2v) is 4.75. The number of hydrogen-bond donors (Lipinski definition) is 0. The van der Waals surface area contributed by atoms with Crippen molar-refractivity contribution in [1.82, 2.24) is 14.8 Å². The fourth-order valence-electron chi connectivity index (χ4n) is 1.91. The van der Waals surface area contributed by atoms with Crippen LogP contribution in [0.4, 0.5) is 0 Å². The van der Waals surface area contributed by atoms with Crippen LogP contribution in [-0.2, 0) is 17.7 Å². The molecule has 0 radical (unpaired) electrons. The number of methoxy groups -OCH3 is 1. The molecule has 0 saturated heterocycles. The molecule has 2 aromatic rings. The van der Waals surface area contributed by atoms with Crippen molar-refractivity contribution in [3.05, 3.63) is 47.0 Å². The molecule has 0 aliphatic rings. The van der Waals surface area contributed by atoms with Gasteiger partial charge in [0.15, 0.2) is 5.78 Å². The first-order chi connectivity index (χ1) is 9.72. The van der Waals surface area contributed by atoms with Crippen LogP contribution < -0.4 is 0 Å². The van der Waals surface area contributed by atoms with E-state index in [1.54, 1.807) is 24.2 Å². The van der Waals surface area contributed by atoms with E-state index in [9.17, 15) is 4.79 Å². The molecule has 0 fully saturated rings. The van der Waals surface area contributed by atoms with E-state index >= 15 is 0 Å². The number of aromatic nitrogens is 3. The van der Waals surface area contributed by atoms with Gasteiger partial charge in [-0.05, 0) is 18.1 Å². The van der Waals surface area contributed by atoms with Gasteiger partial charge >= 0.3 is 0 Å². The lowest BCUT2D eigenvalue weighted by atomic mass is 10.1. The van der Waals surface area contributed by atoms with E-state index in [1.165, 1.54) is 6.20 Å². The predicted octanol–water partition coefficient (Wildman–Crippen LogP) is 2.39. The van der Waals surface area contributed by atoms with Gasteiger partial charge in [0.1, 0.15) is 5.69 Å². The predicted molar refractivity (Wildman–Crippen MR) is 76.0 cm³/mol.